The third-order valence-electron chi connectivity index (χ3n) is 1.51. The molecule has 0 radical (unpaired) electrons. The molecule has 12 heavy (non-hydrogen) atoms. The van der Waals surface area contributed by atoms with Crippen molar-refractivity contribution in [3.8, 4) is 0 Å². The maximum atomic E-state index is 10.8. The molecule has 0 aliphatic carbocycles. The molecule has 1 heterocycles. The first-order valence-electron chi connectivity index (χ1n) is 3.49. The van der Waals surface area contributed by atoms with Gasteiger partial charge in [0, 0.05) is 6.92 Å². The first-order valence-corrected chi connectivity index (χ1v) is 5.06. The van der Waals surface area contributed by atoms with Gasteiger partial charge in [0.25, 0.3) is 10.1 Å². The maximum absolute atomic E-state index is 10.8. The third kappa shape index (κ3) is 2.18. The average molecular weight is 194 g/mol. The molecule has 0 aromatic rings. The first kappa shape index (κ1) is 9.47. The second-order valence-electron chi connectivity index (χ2n) is 2.67. The van der Waals surface area contributed by atoms with E-state index in [1.807, 2.05) is 0 Å². The van der Waals surface area contributed by atoms with Gasteiger partial charge in [-0.25, -0.2) is 0 Å². The Kier molecular flexibility index (Phi) is 2.39. The molecule has 1 aliphatic rings. The van der Waals surface area contributed by atoms with Crippen LogP contribution in [0.1, 0.15) is 13.8 Å². The van der Waals surface area contributed by atoms with Crippen LogP contribution in [0, 0.1) is 0 Å². The van der Waals surface area contributed by atoms with Crippen LogP contribution in [0.5, 0.6) is 0 Å². The molecular formula is C6H10O5S. The molecule has 6 heteroatoms. The summed E-state index contributed by atoms with van der Waals surface area (Å²) in [5.74, 6) is -0.735. The van der Waals surface area contributed by atoms with Crippen molar-refractivity contribution in [2.45, 2.75) is 26.1 Å². The SMILES string of the molecule is CC(=O)OC1CS(=O)(=O)OC1C. The minimum Gasteiger partial charge on any atom is -0.459 e. The van der Waals surface area contributed by atoms with E-state index in [4.69, 9.17) is 4.74 Å². The largest absolute Gasteiger partial charge is 0.459 e. The zero-order chi connectivity index (χ0) is 9.35. The van der Waals surface area contributed by atoms with Crippen LogP contribution in [-0.2, 0) is 23.8 Å². The van der Waals surface area contributed by atoms with Gasteiger partial charge in [0.05, 0.1) is 0 Å². The minimum absolute atomic E-state index is 0.242. The third-order valence-corrected chi connectivity index (χ3v) is 2.84. The number of hydrogen-bond donors (Lipinski definition) is 0. The van der Waals surface area contributed by atoms with Gasteiger partial charge in [-0.05, 0) is 6.92 Å². The van der Waals surface area contributed by atoms with Gasteiger partial charge in [0.1, 0.15) is 18.0 Å². The number of rotatable bonds is 1. The zero-order valence-corrected chi connectivity index (χ0v) is 7.63. The van der Waals surface area contributed by atoms with Crippen LogP contribution in [0.4, 0.5) is 0 Å². The Labute approximate surface area is 70.8 Å². The van der Waals surface area contributed by atoms with Crippen molar-refractivity contribution in [2.24, 2.45) is 0 Å². The highest BCUT2D eigenvalue weighted by Crippen LogP contribution is 2.18. The fourth-order valence-electron chi connectivity index (χ4n) is 1.01. The number of carbonyl (C=O) groups is 1. The van der Waals surface area contributed by atoms with E-state index in [2.05, 4.69) is 4.18 Å². The predicted molar refractivity (Wildman–Crippen MR) is 39.9 cm³/mol. The van der Waals surface area contributed by atoms with E-state index in [1.165, 1.54) is 6.92 Å². The van der Waals surface area contributed by atoms with Crippen molar-refractivity contribution in [3.63, 3.8) is 0 Å². The monoisotopic (exact) mass is 194 g/mol. The van der Waals surface area contributed by atoms with E-state index in [-0.39, 0.29) is 5.75 Å². The maximum Gasteiger partial charge on any atom is 0.303 e. The molecule has 2 atom stereocenters. The van der Waals surface area contributed by atoms with Gasteiger partial charge in [-0.1, -0.05) is 0 Å². The Hall–Kier alpha value is -0.620. The van der Waals surface area contributed by atoms with Crippen molar-refractivity contribution >= 4 is 16.1 Å². The van der Waals surface area contributed by atoms with Gasteiger partial charge < -0.3 is 4.74 Å². The van der Waals surface area contributed by atoms with Crippen molar-refractivity contribution in [1.82, 2.24) is 0 Å². The molecule has 0 aromatic carbocycles. The molecule has 1 fully saturated rings. The van der Waals surface area contributed by atoms with Crippen LogP contribution in [-0.4, -0.2) is 32.3 Å². The summed E-state index contributed by atoms with van der Waals surface area (Å²) in [5, 5.41) is 0. The predicted octanol–water partition coefficient (Wildman–Crippen LogP) is -0.333. The van der Waals surface area contributed by atoms with Crippen molar-refractivity contribution in [3.05, 3.63) is 0 Å². The highest BCUT2D eigenvalue weighted by molar-refractivity contribution is 7.87. The number of esters is 1. The van der Waals surface area contributed by atoms with E-state index in [0.717, 1.165) is 0 Å². The quantitative estimate of drug-likeness (QED) is 0.422. The van der Waals surface area contributed by atoms with Gasteiger partial charge in [0.2, 0.25) is 0 Å². The molecule has 5 nitrogen and oxygen atoms in total. The number of ether oxygens (including phenoxy) is 1. The van der Waals surface area contributed by atoms with Crippen LogP contribution < -0.4 is 0 Å². The molecule has 70 valence electrons. The van der Waals surface area contributed by atoms with Gasteiger partial charge in [-0.2, -0.15) is 8.42 Å². The van der Waals surface area contributed by atoms with Gasteiger partial charge in [-0.15, -0.1) is 0 Å². The Balaban J connectivity index is 2.64. The summed E-state index contributed by atoms with van der Waals surface area (Å²) in [6, 6.07) is 0. The smallest absolute Gasteiger partial charge is 0.303 e. The van der Waals surface area contributed by atoms with E-state index < -0.39 is 28.3 Å². The summed E-state index contributed by atoms with van der Waals surface area (Å²) >= 11 is 0. The van der Waals surface area contributed by atoms with E-state index in [1.54, 1.807) is 6.92 Å². The molecule has 2 unspecified atom stereocenters. The highest BCUT2D eigenvalue weighted by atomic mass is 32.2. The molecule has 0 amide bonds. The van der Waals surface area contributed by atoms with Gasteiger partial charge in [0.15, 0.2) is 0 Å². The Morgan fingerprint density at radius 3 is 2.50 bits per heavy atom. The van der Waals surface area contributed by atoms with Crippen molar-refractivity contribution in [2.75, 3.05) is 5.75 Å². The Morgan fingerprint density at radius 1 is 1.58 bits per heavy atom. The van der Waals surface area contributed by atoms with E-state index in [0.29, 0.717) is 0 Å². The summed E-state index contributed by atoms with van der Waals surface area (Å²) in [6.45, 7) is 2.79. The van der Waals surface area contributed by atoms with Crippen LogP contribution in [0.25, 0.3) is 0 Å². The molecule has 1 rings (SSSR count). The normalized spacial score (nSPS) is 33.2. The second-order valence-corrected chi connectivity index (χ2v) is 4.31. The summed E-state index contributed by atoms with van der Waals surface area (Å²) in [5.41, 5.74) is 0. The topological polar surface area (TPSA) is 69.7 Å². The van der Waals surface area contributed by atoms with Gasteiger partial charge in [-0.3, -0.25) is 8.98 Å². The summed E-state index contributed by atoms with van der Waals surface area (Å²) in [6.07, 6.45) is -1.23. The molecule has 0 aromatic heterocycles. The molecule has 0 saturated carbocycles. The molecule has 0 N–H and O–H groups in total. The number of carbonyl (C=O) groups excluding carboxylic acids is 1. The second kappa shape index (κ2) is 3.02. The molecule has 0 spiro atoms. The molecular weight excluding hydrogens is 184 g/mol. The molecule has 0 bridgehead atoms. The zero-order valence-electron chi connectivity index (χ0n) is 6.81. The number of hydrogen-bond acceptors (Lipinski definition) is 5. The van der Waals surface area contributed by atoms with Crippen molar-refractivity contribution < 1.29 is 22.1 Å². The van der Waals surface area contributed by atoms with Gasteiger partial charge >= 0.3 is 5.97 Å². The fraction of sp³-hybridized carbons (Fsp3) is 0.833. The Morgan fingerprint density at radius 2 is 2.17 bits per heavy atom. The summed E-state index contributed by atoms with van der Waals surface area (Å²) in [7, 11) is -3.47. The van der Waals surface area contributed by atoms with Crippen LogP contribution in [0.2, 0.25) is 0 Å². The lowest BCUT2D eigenvalue weighted by Gasteiger charge is -2.10. The standard InChI is InChI=1S/C6H10O5S/c1-4-6(10-5(2)7)3-12(8,9)11-4/h4,6H,3H2,1-2H3. The first-order chi connectivity index (χ1) is 5.41. The van der Waals surface area contributed by atoms with Crippen molar-refractivity contribution in [1.29, 1.82) is 0 Å². The lowest BCUT2D eigenvalue weighted by atomic mass is 10.3. The molecule has 1 saturated heterocycles. The highest BCUT2D eigenvalue weighted by Gasteiger charge is 2.38. The van der Waals surface area contributed by atoms with Crippen LogP contribution in [0.3, 0.4) is 0 Å². The lowest BCUT2D eigenvalue weighted by Crippen LogP contribution is -2.25. The van der Waals surface area contributed by atoms with Crippen LogP contribution >= 0.6 is 0 Å². The summed E-state index contributed by atoms with van der Waals surface area (Å²) < 4.78 is 30.9. The molecule has 1 aliphatic heterocycles. The minimum atomic E-state index is -3.47. The average Bonchev–Trinajstić information content (AvgIpc) is 2.03. The Bertz CT molecular complexity index is 280. The lowest BCUT2D eigenvalue weighted by molar-refractivity contribution is -0.147. The van der Waals surface area contributed by atoms with E-state index >= 15 is 0 Å². The van der Waals surface area contributed by atoms with E-state index in [9.17, 15) is 13.2 Å². The fourth-order valence-corrected chi connectivity index (χ4v) is 2.42. The van der Waals surface area contributed by atoms with Crippen LogP contribution in [0.15, 0.2) is 0 Å². The summed E-state index contributed by atoms with van der Waals surface area (Å²) in [4.78, 5) is 10.5.